The lowest BCUT2D eigenvalue weighted by Gasteiger charge is -2.21. The van der Waals surface area contributed by atoms with Gasteiger partial charge in [-0.05, 0) is 48.5 Å². The minimum Gasteiger partial charge on any atom is -0.508 e. The molecule has 3 aromatic rings. The van der Waals surface area contributed by atoms with E-state index in [2.05, 4.69) is 5.09 Å². The van der Waals surface area contributed by atoms with E-state index < -0.39 is 7.29 Å². The molecule has 0 saturated carbocycles. The van der Waals surface area contributed by atoms with Crippen LogP contribution in [0.2, 0.25) is 0 Å². The molecular weight excluding hydrogens is 293 g/mol. The standard InChI is InChI=1S/C18H16NO2P/c20-16-13-11-15(12-14-16)19-22(21,17-7-3-1-4-8-17)18-9-5-2-6-10-18/h1-14,20H,(H,19,21). The number of phenolic OH excluding ortho intramolecular Hbond substituents is 1. The van der Waals surface area contributed by atoms with Crippen molar-refractivity contribution in [2.75, 3.05) is 5.09 Å². The Morgan fingerprint density at radius 2 is 1.14 bits per heavy atom. The van der Waals surface area contributed by atoms with E-state index in [-0.39, 0.29) is 5.75 Å². The molecule has 2 N–H and O–H groups in total. The van der Waals surface area contributed by atoms with Gasteiger partial charge in [-0.15, -0.1) is 0 Å². The first-order valence-electron chi connectivity index (χ1n) is 6.97. The van der Waals surface area contributed by atoms with Crippen molar-refractivity contribution in [2.45, 2.75) is 0 Å². The zero-order valence-electron chi connectivity index (χ0n) is 11.9. The van der Waals surface area contributed by atoms with Crippen LogP contribution in [0.25, 0.3) is 0 Å². The highest BCUT2D eigenvalue weighted by atomic mass is 31.2. The highest BCUT2D eigenvalue weighted by Crippen LogP contribution is 2.43. The van der Waals surface area contributed by atoms with Crippen LogP contribution in [0.5, 0.6) is 5.75 Å². The Bertz CT molecular complexity index is 743. The lowest BCUT2D eigenvalue weighted by molar-refractivity contribution is 0.475. The minimum atomic E-state index is -2.99. The second kappa shape index (κ2) is 6.08. The van der Waals surface area contributed by atoms with E-state index in [0.717, 1.165) is 10.6 Å². The highest BCUT2D eigenvalue weighted by molar-refractivity contribution is 7.80. The maximum Gasteiger partial charge on any atom is 0.227 e. The monoisotopic (exact) mass is 309 g/mol. The number of anilines is 1. The van der Waals surface area contributed by atoms with Gasteiger partial charge in [0.05, 0.1) is 0 Å². The van der Waals surface area contributed by atoms with Gasteiger partial charge >= 0.3 is 0 Å². The predicted octanol–water partition coefficient (Wildman–Crippen LogP) is 3.73. The molecule has 0 aliphatic heterocycles. The lowest BCUT2D eigenvalue weighted by atomic mass is 10.3. The second-order valence-corrected chi connectivity index (χ2v) is 7.41. The predicted molar refractivity (Wildman–Crippen MR) is 91.5 cm³/mol. The molecule has 0 aliphatic rings. The van der Waals surface area contributed by atoms with Crippen molar-refractivity contribution in [2.24, 2.45) is 0 Å². The van der Waals surface area contributed by atoms with Gasteiger partial charge in [-0.25, -0.2) is 0 Å². The molecule has 0 aliphatic carbocycles. The van der Waals surface area contributed by atoms with Gasteiger partial charge in [0.15, 0.2) is 0 Å². The Hall–Kier alpha value is -2.51. The number of benzene rings is 3. The smallest absolute Gasteiger partial charge is 0.227 e. The maximum absolute atomic E-state index is 13.7. The van der Waals surface area contributed by atoms with Crippen LogP contribution < -0.4 is 15.7 Å². The normalized spacial score (nSPS) is 11.1. The Balaban J connectivity index is 2.08. The molecule has 0 radical (unpaired) electrons. The molecule has 3 rings (SSSR count). The van der Waals surface area contributed by atoms with Gasteiger partial charge < -0.3 is 10.2 Å². The molecule has 0 unspecified atom stereocenters. The van der Waals surface area contributed by atoms with Gasteiger partial charge in [0, 0.05) is 16.3 Å². The van der Waals surface area contributed by atoms with Gasteiger partial charge in [0.1, 0.15) is 5.75 Å². The van der Waals surface area contributed by atoms with E-state index >= 15 is 0 Å². The van der Waals surface area contributed by atoms with Crippen molar-refractivity contribution in [3.63, 3.8) is 0 Å². The summed E-state index contributed by atoms with van der Waals surface area (Å²) in [5.41, 5.74) is 0.703. The zero-order valence-corrected chi connectivity index (χ0v) is 12.8. The number of nitrogens with one attached hydrogen (secondary N) is 1. The Morgan fingerprint density at radius 3 is 1.59 bits per heavy atom. The van der Waals surface area contributed by atoms with Gasteiger partial charge in [0.2, 0.25) is 7.29 Å². The Morgan fingerprint density at radius 1 is 0.682 bits per heavy atom. The zero-order chi connectivity index (χ0) is 15.4. The summed E-state index contributed by atoms with van der Waals surface area (Å²) in [5.74, 6) is 0.180. The fourth-order valence-corrected chi connectivity index (χ4v) is 4.52. The number of phenols is 1. The van der Waals surface area contributed by atoms with E-state index in [0.29, 0.717) is 5.69 Å². The molecule has 0 bridgehead atoms. The average Bonchev–Trinajstić information content (AvgIpc) is 2.58. The van der Waals surface area contributed by atoms with Gasteiger partial charge in [-0.1, -0.05) is 36.4 Å². The Kier molecular flexibility index (Phi) is 3.99. The second-order valence-electron chi connectivity index (χ2n) is 4.94. The largest absolute Gasteiger partial charge is 0.508 e. The van der Waals surface area contributed by atoms with Crippen LogP contribution in [0.1, 0.15) is 0 Å². The van der Waals surface area contributed by atoms with Crippen molar-refractivity contribution in [1.82, 2.24) is 0 Å². The summed E-state index contributed by atoms with van der Waals surface area (Å²) in [4.78, 5) is 0. The van der Waals surface area contributed by atoms with Crippen molar-refractivity contribution < 1.29 is 9.67 Å². The van der Waals surface area contributed by atoms with E-state index in [1.54, 1.807) is 24.3 Å². The summed E-state index contributed by atoms with van der Waals surface area (Å²) in [5, 5.41) is 14.0. The van der Waals surface area contributed by atoms with Crippen LogP contribution in [0, 0.1) is 0 Å². The average molecular weight is 309 g/mol. The summed E-state index contributed by atoms with van der Waals surface area (Å²) in [6.07, 6.45) is 0. The maximum atomic E-state index is 13.7. The summed E-state index contributed by atoms with van der Waals surface area (Å²) in [6, 6.07) is 25.3. The number of rotatable bonds is 4. The molecule has 0 amide bonds. The van der Waals surface area contributed by atoms with Gasteiger partial charge in [-0.2, -0.15) is 0 Å². The van der Waals surface area contributed by atoms with Crippen LogP contribution in [-0.4, -0.2) is 5.11 Å². The number of hydrogen-bond acceptors (Lipinski definition) is 2. The Labute approximate surface area is 129 Å². The molecule has 0 fully saturated rings. The molecule has 22 heavy (non-hydrogen) atoms. The first-order chi connectivity index (χ1) is 10.7. The molecule has 0 saturated heterocycles. The molecule has 0 aromatic heterocycles. The fraction of sp³-hybridized carbons (Fsp3) is 0. The van der Waals surface area contributed by atoms with E-state index in [1.165, 1.54) is 0 Å². The molecule has 3 aromatic carbocycles. The van der Waals surface area contributed by atoms with Gasteiger partial charge in [-0.3, -0.25) is 4.57 Å². The van der Waals surface area contributed by atoms with Crippen LogP contribution >= 0.6 is 7.29 Å². The van der Waals surface area contributed by atoms with Crippen molar-refractivity contribution in [3.8, 4) is 5.75 Å². The molecule has 0 spiro atoms. The van der Waals surface area contributed by atoms with Gasteiger partial charge in [0.25, 0.3) is 0 Å². The van der Waals surface area contributed by atoms with Crippen molar-refractivity contribution in [1.29, 1.82) is 0 Å². The first kappa shape index (κ1) is 14.4. The van der Waals surface area contributed by atoms with Crippen LogP contribution in [0.15, 0.2) is 84.9 Å². The van der Waals surface area contributed by atoms with E-state index in [9.17, 15) is 9.67 Å². The third-order valence-corrected chi connectivity index (χ3v) is 6.02. The minimum absolute atomic E-state index is 0.180. The lowest BCUT2D eigenvalue weighted by Crippen LogP contribution is -2.21. The van der Waals surface area contributed by atoms with E-state index in [4.69, 9.17) is 0 Å². The molecule has 4 heteroatoms. The molecule has 0 heterocycles. The topological polar surface area (TPSA) is 49.3 Å². The number of hydrogen-bond donors (Lipinski definition) is 2. The van der Waals surface area contributed by atoms with Crippen LogP contribution in [-0.2, 0) is 4.57 Å². The van der Waals surface area contributed by atoms with Crippen molar-refractivity contribution in [3.05, 3.63) is 84.9 Å². The summed E-state index contributed by atoms with van der Waals surface area (Å²) in [6.45, 7) is 0. The van der Waals surface area contributed by atoms with Crippen LogP contribution in [0.3, 0.4) is 0 Å². The molecule has 0 atom stereocenters. The summed E-state index contributed by atoms with van der Waals surface area (Å²) in [7, 11) is -2.99. The third kappa shape index (κ3) is 2.90. The number of aromatic hydroxyl groups is 1. The molecular formula is C18H16NO2P. The third-order valence-electron chi connectivity index (χ3n) is 3.39. The fourth-order valence-electron chi connectivity index (χ4n) is 2.27. The summed E-state index contributed by atoms with van der Waals surface area (Å²) < 4.78 is 13.7. The summed E-state index contributed by atoms with van der Waals surface area (Å²) >= 11 is 0. The quantitative estimate of drug-likeness (QED) is 0.570. The molecule has 3 nitrogen and oxygen atoms in total. The van der Waals surface area contributed by atoms with Crippen LogP contribution in [0.4, 0.5) is 5.69 Å². The SMILES string of the molecule is O=P(Nc1ccc(O)cc1)(c1ccccc1)c1ccccc1. The van der Waals surface area contributed by atoms with Crippen molar-refractivity contribution >= 4 is 23.6 Å². The first-order valence-corrected chi connectivity index (χ1v) is 8.68. The highest BCUT2D eigenvalue weighted by Gasteiger charge is 2.26. The van der Waals surface area contributed by atoms with E-state index in [1.807, 2.05) is 60.7 Å². The molecule has 110 valence electrons.